The molecule has 1 aromatic heterocycles. The summed E-state index contributed by atoms with van der Waals surface area (Å²) >= 11 is 1.41. The Morgan fingerprint density at radius 2 is 2.04 bits per heavy atom. The van der Waals surface area contributed by atoms with E-state index in [0.29, 0.717) is 22.0 Å². The normalized spacial score (nSPS) is 16.1. The maximum atomic E-state index is 12.3. The van der Waals surface area contributed by atoms with Gasteiger partial charge in [0.2, 0.25) is 5.91 Å². The third kappa shape index (κ3) is 4.22. The van der Waals surface area contributed by atoms with Gasteiger partial charge in [-0.15, -0.1) is 11.3 Å². The number of thiophene rings is 1. The zero-order chi connectivity index (χ0) is 19.6. The number of hydrogen-bond acceptors (Lipinski definition) is 5. The van der Waals surface area contributed by atoms with Crippen molar-refractivity contribution in [3.63, 3.8) is 0 Å². The molecule has 3 N–H and O–H groups in total. The van der Waals surface area contributed by atoms with Gasteiger partial charge >= 0.3 is 0 Å². The van der Waals surface area contributed by atoms with Gasteiger partial charge in [-0.3, -0.25) is 19.7 Å². The standard InChI is InChI=1S/C19H19N3O4S/c1-11-2-8-14-15(10-11)27-19(17(14)18(20)24)21-16(23)9-5-12-3-6-13(7-4-12)22(25)26/h3-7,9,11H,2,8,10H2,1H3,(H2,20,24)(H,21,23)/b9-5+. The van der Waals surface area contributed by atoms with Crippen LogP contribution in [-0.4, -0.2) is 16.7 Å². The van der Waals surface area contributed by atoms with E-state index < -0.39 is 10.8 Å². The molecule has 1 atom stereocenters. The summed E-state index contributed by atoms with van der Waals surface area (Å²) in [5.41, 5.74) is 7.56. The molecule has 3 rings (SSSR count). The molecule has 0 aliphatic heterocycles. The van der Waals surface area contributed by atoms with Crippen molar-refractivity contribution < 1.29 is 14.5 Å². The molecule has 0 radical (unpaired) electrons. The SMILES string of the molecule is CC1CCc2c(sc(NC(=O)/C=C/c3ccc([N+](=O)[O-])cc3)c2C(N)=O)C1. The van der Waals surface area contributed by atoms with Crippen LogP contribution in [0.1, 0.15) is 39.7 Å². The third-order valence-corrected chi connectivity index (χ3v) is 5.70. The van der Waals surface area contributed by atoms with Crippen LogP contribution in [-0.2, 0) is 17.6 Å². The molecule has 27 heavy (non-hydrogen) atoms. The molecular weight excluding hydrogens is 366 g/mol. The topological polar surface area (TPSA) is 115 Å². The first-order chi connectivity index (χ1) is 12.8. The molecular formula is C19H19N3O4S. The highest BCUT2D eigenvalue weighted by Gasteiger charge is 2.26. The number of carbonyl (C=O) groups is 2. The molecule has 0 spiro atoms. The Bertz CT molecular complexity index is 931. The van der Waals surface area contributed by atoms with Gasteiger partial charge in [0.25, 0.3) is 11.6 Å². The number of fused-ring (bicyclic) bond motifs is 1. The summed E-state index contributed by atoms with van der Waals surface area (Å²) in [5, 5.41) is 13.9. The van der Waals surface area contributed by atoms with E-state index >= 15 is 0 Å². The van der Waals surface area contributed by atoms with Crippen LogP contribution < -0.4 is 11.1 Å². The van der Waals surface area contributed by atoms with Gasteiger partial charge in [-0.05, 0) is 54.5 Å². The smallest absolute Gasteiger partial charge is 0.269 e. The Labute approximate surface area is 160 Å². The summed E-state index contributed by atoms with van der Waals surface area (Å²) in [4.78, 5) is 35.4. The van der Waals surface area contributed by atoms with E-state index in [9.17, 15) is 19.7 Å². The lowest BCUT2D eigenvalue weighted by atomic mass is 9.88. The molecule has 140 valence electrons. The number of nitro groups is 1. The van der Waals surface area contributed by atoms with Gasteiger partial charge in [-0.2, -0.15) is 0 Å². The second-order valence-electron chi connectivity index (χ2n) is 6.59. The van der Waals surface area contributed by atoms with Crippen LogP contribution >= 0.6 is 11.3 Å². The second kappa shape index (κ2) is 7.71. The zero-order valence-electron chi connectivity index (χ0n) is 14.7. The summed E-state index contributed by atoms with van der Waals surface area (Å²) < 4.78 is 0. The Kier molecular flexibility index (Phi) is 5.36. The largest absolute Gasteiger partial charge is 0.365 e. The highest BCUT2D eigenvalue weighted by atomic mass is 32.1. The van der Waals surface area contributed by atoms with Crippen LogP contribution in [0.4, 0.5) is 10.7 Å². The fraction of sp³-hybridized carbons (Fsp3) is 0.263. The number of nitro benzene ring substituents is 1. The number of nitrogens with two attached hydrogens (primary N) is 1. The van der Waals surface area contributed by atoms with Crippen molar-refractivity contribution in [1.82, 2.24) is 0 Å². The minimum Gasteiger partial charge on any atom is -0.365 e. The van der Waals surface area contributed by atoms with Crippen LogP contribution in [0.5, 0.6) is 0 Å². The monoisotopic (exact) mass is 385 g/mol. The average molecular weight is 385 g/mol. The summed E-state index contributed by atoms with van der Waals surface area (Å²) in [7, 11) is 0. The maximum Gasteiger partial charge on any atom is 0.269 e. The lowest BCUT2D eigenvalue weighted by molar-refractivity contribution is -0.384. The van der Waals surface area contributed by atoms with Gasteiger partial charge in [-0.25, -0.2) is 0 Å². The average Bonchev–Trinajstić information content (AvgIpc) is 2.97. The molecule has 0 saturated heterocycles. The minimum atomic E-state index is -0.531. The van der Waals surface area contributed by atoms with E-state index in [1.165, 1.54) is 29.5 Å². The Balaban J connectivity index is 1.76. The number of carbonyl (C=O) groups excluding carboxylic acids is 2. The molecule has 1 aromatic carbocycles. The highest BCUT2D eigenvalue weighted by Crippen LogP contribution is 2.39. The van der Waals surface area contributed by atoms with E-state index in [1.807, 2.05) is 0 Å². The third-order valence-electron chi connectivity index (χ3n) is 4.53. The van der Waals surface area contributed by atoms with Gasteiger partial charge in [-0.1, -0.05) is 6.92 Å². The molecule has 2 aromatic rings. The summed E-state index contributed by atoms with van der Waals surface area (Å²) in [6.07, 6.45) is 5.55. The predicted molar refractivity (Wildman–Crippen MR) is 105 cm³/mol. The summed E-state index contributed by atoms with van der Waals surface area (Å²) in [5.74, 6) is -0.373. The number of hydrogen-bond donors (Lipinski definition) is 2. The van der Waals surface area contributed by atoms with E-state index in [1.54, 1.807) is 18.2 Å². The molecule has 1 aliphatic carbocycles. The van der Waals surface area contributed by atoms with Crippen molar-refractivity contribution in [1.29, 1.82) is 0 Å². The van der Waals surface area contributed by atoms with Gasteiger partial charge in [0.05, 0.1) is 10.5 Å². The van der Waals surface area contributed by atoms with Gasteiger partial charge in [0, 0.05) is 23.1 Å². The van der Waals surface area contributed by atoms with Gasteiger partial charge in [0.1, 0.15) is 5.00 Å². The van der Waals surface area contributed by atoms with Gasteiger partial charge in [0.15, 0.2) is 0 Å². The van der Waals surface area contributed by atoms with E-state index in [2.05, 4.69) is 12.2 Å². The number of benzene rings is 1. The first kappa shape index (κ1) is 18.8. The first-order valence-electron chi connectivity index (χ1n) is 8.53. The van der Waals surface area contributed by atoms with Crippen molar-refractivity contribution in [2.24, 2.45) is 11.7 Å². The van der Waals surface area contributed by atoms with Crippen molar-refractivity contribution >= 4 is 39.9 Å². The van der Waals surface area contributed by atoms with Crippen LogP contribution in [0.25, 0.3) is 6.08 Å². The lowest BCUT2D eigenvalue weighted by Gasteiger charge is -2.18. The molecule has 2 amide bonds. The molecule has 7 nitrogen and oxygen atoms in total. The van der Waals surface area contributed by atoms with Gasteiger partial charge < -0.3 is 11.1 Å². The first-order valence-corrected chi connectivity index (χ1v) is 9.34. The molecule has 1 aliphatic rings. The van der Waals surface area contributed by atoms with Crippen molar-refractivity contribution in [3.05, 3.63) is 62.0 Å². The van der Waals surface area contributed by atoms with E-state index in [4.69, 9.17) is 5.73 Å². The Hall–Kier alpha value is -3.00. The zero-order valence-corrected chi connectivity index (χ0v) is 15.5. The lowest BCUT2D eigenvalue weighted by Crippen LogP contribution is -2.18. The Morgan fingerprint density at radius 1 is 1.33 bits per heavy atom. The summed E-state index contributed by atoms with van der Waals surface area (Å²) in [6.45, 7) is 2.16. The number of nitrogens with one attached hydrogen (secondary N) is 1. The minimum absolute atomic E-state index is 0.0129. The number of primary amides is 1. The number of anilines is 1. The molecule has 8 heteroatoms. The number of rotatable bonds is 5. The number of amides is 2. The molecule has 1 heterocycles. The Morgan fingerprint density at radius 3 is 2.67 bits per heavy atom. The molecule has 0 saturated carbocycles. The van der Waals surface area contributed by atoms with E-state index in [0.717, 1.165) is 29.7 Å². The molecule has 0 fully saturated rings. The van der Waals surface area contributed by atoms with Crippen LogP contribution in [0.15, 0.2) is 30.3 Å². The highest BCUT2D eigenvalue weighted by molar-refractivity contribution is 7.17. The van der Waals surface area contributed by atoms with E-state index in [-0.39, 0.29) is 11.6 Å². The second-order valence-corrected chi connectivity index (χ2v) is 7.70. The predicted octanol–water partition coefficient (Wildman–Crippen LogP) is 3.53. The van der Waals surface area contributed by atoms with Crippen LogP contribution in [0.2, 0.25) is 0 Å². The van der Waals surface area contributed by atoms with Crippen molar-refractivity contribution in [3.8, 4) is 0 Å². The van der Waals surface area contributed by atoms with Crippen molar-refractivity contribution in [2.45, 2.75) is 26.2 Å². The quantitative estimate of drug-likeness (QED) is 0.465. The van der Waals surface area contributed by atoms with Crippen LogP contribution in [0, 0.1) is 16.0 Å². The fourth-order valence-electron chi connectivity index (χ4n) is 3.13. The maximum absolute atomic E-state index is 12.3. The van der Waals surface area contributed by atoms with Crippen molar-refractivity contribution in [2.75, 3.05) is 5.32 Å². The number of nitrogens with zero attached hydrogens (tertiary/aromatic N) is 1. The fourth-order valence-corrected chi connectivity index (χ4v) is 4.55. The molecule has 0 bridgehead atoms. The number of non-ortho nitro benzene ring substituents is 1. The summed E-state index contributed by atoms with van der Waals surface area (Å²) in [6, 6.07) is 5.86. The van der Waals surface area contributed by atoms with Crippen LogP contribution in [0.3, 0.4) is 0 Å². The molecule has 1 unspecified atom stereocenters.